The van der Waals surface area contributed by atoms with Gasteiger partial charge in [0.25, 0.3) is 0 Å². The minimum absolute atomic E-state index is 0.224. The molecule has 5 heteroatoms. The van der Waals surface area contributed by atoms with E-state index in [1.807, 2.05) is 12.1 Å². The minimum Gasteiger partial charge on any atom is -0.481 e. The third-order valence-electron chi connectivity index (χ3n) is 2.94. The summed E-state index contributed by atoms with van der Waals surface area (Å²) in [6, 6.07) is 6.86. The summed E-state index contributed by atoms with van der Waals surface area (Å²) in [6.45, 7) is 2.12. The van der Waals surface area contributed by atoms with Gasteiger partial charge in [0, 0.05) is 11.5 Å². The topological polar surface area (TPSA) is 74.6 Å². The second kappa shape index (κ2) is 8.03. The average Bonchev–Trinajstić information content (AvgIpc) is 2.42. The van der Waals surface area contributed by atoms with E-state index in [-0.39, 0.29) is 12.6 Å². The number of aliphatic carboxylic acids is 1. The summed E-state index contributed by atoms with van der Waals surface area (Å²) in [7, 11) is -3.55. The van der Waals surface area contributed by atoms with E-state index in [1.54, 1.807) is 12.1 Å². The molecule has 0 saturated heterocycles. The second-order valence-electron chi connectivity index (χ2n) is 4.70. The average molecular weight is 296 g/mol. The molecule has 0 aliphatic heterocycles. The Bertz CT molecular complexity index is 505. The van der Waals surface area contributed by atoms with Gasteiger partial charge in [-0.05, 0) is 30.5 Å². The molecule has 1 atom stereocenters. The number of carbonyl (C=O) groups is 1. The fraction of sp³-hybridized carbons (Fsp3) is 0.400. The quantitative estimate of drug-likeness (QED) is 0.571. The van der Waals surface area contributed by atoms with Gasteiger partial charge in [0.05, 0.1) is 6.42 Å². The van der Waals surface area contributed by atoms with E-state index in [0.717, 1.165) is 24.8 Å². The van der Waals surface area contributed by atoms with E-state index in [9.17, 15) is 14.3 Å². The molecule has 0 saturated carbocycles. The monoisotopic (exact) mass is 296 g/mol. The highest BCUT2D eigenvalue weighted by Crippen LogP contribution is 2.39. The number of carboxylic acid groups (broad SMARTS) is 1. The lowest BCUT2D eigenvalue weighted by Gasteiger charge is -2.10. The highest BCUT2D eigenvalue weighted by molar-refractivity contribution is 7.66. The van der Waals surface area contributed by atoms with E-state index < -0.39 is 13.3 Å². The Kier molecular flexibility index (Phi) is 6.69. The standard InChI is InChI=1S/C15H21O4P/c1-2-3-4-5-6-13-7-9-14(10-8-13)20(18,19)12-11-15(16)17/h4-5,7-10H,2-3,6,11-12H2,1H3,(H,16,17)(H,18,19). The summed E-state index contributed by atoms with van der Waals surface area (Å²) in [5.74, 6) is -1.06. The van der Waals surface area contributed by atoms with Gasteiger partial charge >= 0.3 is 5.97 Å². The summed E-state index contributed by atoms with van der Waals surface area (Å²) < 4.78 is 12.0. The molecule has 1 unspecified atom stereocenters. The molecule has 0 fully saturated rings. The third-order valence-corrected chi connectivity index (χ3v) is 4.88. The van der Waals surface area contributed by atoms with E-state index in [2.05, 4.69) is 19.1 Å². The van der Waals surface area contributed by atoms with Gasteiger partial charge in [-0.1, -0.05) is 37.6 Å². The van der Waals surface area contributed by atoms with Crippen LogP contribution in [0.15, 0.2) is 36.4 Å². The SMILES string of the molecule is CCCC=CCc1ccc(P(=O)(O)CCC(=O)O)cc1. The maximum Gasteiger partial charge on any atom is 0.303 e. The van der Waals surface area contributed by atoms with Gasteiger partial charge in [-0.3, -0.25) is 9.36 Å². The number of carboxylic acids is 1. The van der Waals surface area contributed by atoms with Crippen LogP contribution in [0.4, 0.5) is 0 Å². The molecule has 1 rings (SSSR count). The first-order chi connectivity index (χ1) is 9.45. The summed E-state index contributed by atoms with van der Waals surface area (Å²) in [6.07, 6.45) is 6.66. The Balaban J connectivity index is 2.65. The van der Waals surface area contributed by atoms with Crippen LogP contribution in [-0.2, 0) is 15.8 Å². The zero-order valence-electron chi connectivity index (χ0n) is 11.7. The van der Waals surface area contributed by atoms with Crippen molar-refractivity contribution in [3.8, 4) is 0 Å². The first-order valence-electron chi connectivity index (χ1n) is 6.74. The Labute approximate surface area is 119 Å². The molecule has 4 nitrogen and oxygen atoms in total. The molecule has 1 aromatic carbocycles. The van der Waals surface area contributed by atoms with Crippen LogP contribution in [0.3, 0.4) is 0 Å². The molecule has 110 valence electrons. The summed E-state index contributed by atoms with van der Waals surface area (Å²) in [4.78, 5) is 20.3. The summed E-state index contributed by atoms with van der Waals surface area (Å²) in [5, 5.41) is 8.89. The third kappa shape index (κ3) is 5.72. The highest BCUT2D eigenvalue weighted by Gasteiger charge is 2.22. The van der Waals surface area contributed by atoms with Crippen molar-refractivity contribution >= 4 is 18.6 Å². The second-order valence-corrected chi connectivity index (χ2v) is 7.07. The molecule has 0 amide bonds. The Morgan fingerprint density at radius 3 is 2.45 bits per heavy atom. The number of benzene rings is 1. The minimum atomic E-state index is -3.55. The van der Waals surface area contributed by atoms with Crippen LogP contribution in [0.2, 0.25) is 0 Å². The molecular formula is C15H21O4P. The van der Waals surface area contributed by atoms with Gasteiger partial charge in [0.1, 0.15) is 0 Å². The van der Waals surface area contributed by atoms with E-state index >= 15 is 0 Å². The lowest BCUT2D eigenvalue weighted by molar-refractivity contribution is -0.136. The molecule has 20 heavy (non-hydrogen) atoms. The predicted molar refractivity (Wildman–Crippen MR) is 80.8 cm³/mol. The van der Waals surface area contributed by atoms with Gasteiger partial charge in [-0.25, -0.2) is 0 Å². The summed E-state index contributed by atoms with van der Waals surface area (Å²) in [5.41, 5.74) is 1.07. The van der Waals surface area contributed by atoms with Crippen LogP contribution in [0, 0.1) is 0 Å². The van der Waals surface area contributed by atoms with Crippen LogP contribution in [0.1, 0.15) is 31.7 Å². The van der Waals surface area contributed by atoms with Crippen molar-refractivity contribution in [1.82, 2.24) is 0 Å². The van der Waals surface area contributed by atoms with Crippen LogP contribution in [0.25, 0.3) is 0 Å². The Morgan fingerprint density at radius 2 is 1.90 bits per heavy atom. The first kappa shape index (κ1) is 16.7. The number of unbranched alkanes of at least 4 members (excludes halogenated alkanes) is 1. The number of rotatable bonds is 8. The number of hydrogen-bond acceptors (Lipinski definition) is 2. The Hall–Kier alpha value is -1.38. The molecule has 2 N–H and O–H groups in total. The zero-order valence-corrected chi connectivity index (χ0v) is 12.6. The lowest BCUT2D eigenvalue weighted by atomic mass is 10.1. The van der Waals surface area contributed by atoms with Gasteiger partial charge in [0.2, 0.25) is 7.37 Å². The van der Waals surface area contributed by atoms with Crippen LogP contribution in [0.5, 0.6) is 0 Å². The zero-order chi connectivity index (χ0) is 15.0. The van der Waals surface area contributed by atoms with Gasteiger partial charge in [-0.2, -0.15) is 0 Å². The van der Waals surface area contributed by atoms with Crippen molar-refractivity contribution in [1.29, 1.82) is 0 Å². The number of hydrogen-bond donors (Lipinski definition) is 2. The molecular weight excluding hydrogens is 275 g/mol. The largest absolute Gasteiger partial charge is 0.481 e. The van der Waals surface area contributed by atoms with Crippen molar-refractivity contribution in [2.45, 2.75) is 32.6 Å². The van der Waals surface area contributed by atoms with Crippen molar-refractivity contribution in [2.24, 2.45) is 0 Å². The van der Waals surface area contributed by atoms with E-state index in [0.29, 0.717) is 5.30 Å². The van der Waals surface area contributed by atoms with Crippen molar-refractivity contribution in [3.05, 3.63) is 42.0 Å². The van der Waals surface area contributed by atoms with E-state index in [1.165, 1.54) is 0 Å². The molecule has 0 heterocycles. The molecule has 0 aliphatic carbocycles. The van der Waals surface area contributed by atoms with Crippen LogP contribution >= 0.6 is 7.37 Å². The van der Waals surface area contributed by atoms with Gasteiger partial charge < -0.3 is 10.00 Å². The molecule has 0 spiro atoms. The molecule has 0 aromatic heterocycles. The van der Waals surface area contributed by atoms with Crippen molar-refractivity contribution < 1.29 is 19.4 Å². The normalized spacial score (nSPS) is 14.3. The number of allylic oxidation sites excluding steroid dienone is 2. The Morgan fingerprint density at radius 1 is 1.25 bits per heavy atom. The first-order valence-corrected chi connectivity index (χ1v) is 8.58. The maximum absolute atomic E-state index is 12.0. The van der Waals surface area contributed by atoms with Crippen molar-refractivity contribution in [3.63, 3.8) is 0 Å². The smallest absolute Gasteiger partial charge is 0.303 e. The molecule has 0 radical (unpaired) electrons. The molecule has 0 bridgehead atoms. The fourth-order valence-corrected chi connectivity index (χ4v) is 3.11. The van der Waals surface area contributed by atoms with Gasteiger partial charge in [-0.15, -0.1) is 0 Å². The highest BCUT2D eigenvalue weighted by atomic mass is 31.2. The van der Waals surface area contributed by atoms with Crippen molar-refractivity contribution in [2.75, 3.05) is 6.16 Å². The van der Waals surface area contributed by atoms with E-state index in [4.69, 9.17) is 5.11 Å². The molecule has 1 aromatic rings. The lowest BCUT2D eigenvalue weighted by Crippen LogP contribution is -2.10. The predicted octanol–water partition coefficient (Wildman–Crippen LogP) is 2.96. The van der Waals surface area contributed by atoms with Crippen LogP contribution < -0.4 is 5.30 Å². The summed E-state index contributed by atoms with van der Waals surface area (Å²) >= 11 is 0. The maximum atomic E-state index is 12.0. The molecule has 0 aliphatic rings. The van der Waals surface area contributed by atoms with Gasteiger partial charge in [0.15, 0.2) is 0 Å². The van der Waals surface area contributed by atoms with Crippen LogP contribution in [-0.4, -0.2) is 22.1 Å². The fourth-order valence-electron chi connectivity index (χ4n) is 1.75.